The number of nitrogens with zero attached hydrogens (tertiary/aromatic N) is 3. The zero-order valence-corrected chi connectivity index (χ0v) is 12.9. The van der Waals surface area contributed by atoms with Gasteiger partial charge in [-0.2, -0.15) is 0 Å². The number of rotatable bonds is 5. The Morgan fingerprint density at radius 2 is 1.74 bits per heavy atom. The molecule has 1 heterocycles. The van der Waals surface area contributed by atoms with E-state index in [1.165, 1.54) is 12.1 Å². The molecule has 0 atom stereocenters. The van der Waals surface area contributed by atoms with Crippen LogP contribution >= 0.6 is 11.8 Å². The molecular weight excluding hydrogens is 310 g/mol. The van der Waals surface area contributed by atoms with Crippen molar-refractivity contribution in [3.05, 3.63) is 82.7 Å². The molecule has 0 saturated carbocycles. The molecule has 0 bridgehead atoms. The third-order valence-corrected chi connectivity index (χ3v) is 4.24. The standard InChI is InChI=1S/C17H13N3O2S/c21-20(22)15-8-6-13(7-9-15)11-23-17-10-16(18-12-19-17)14-4-2-1-3-5-14/h1-10,12H,11H2. The minimum atomic E-state index is -0.395. The van der Waals surface area contributed by atoms with Gasteiger partial charge >= 0.3 is 0 Å². The van der Waals surface area contributed by atoms with E-state index in [1.807, 2.05) is 36.4 Å². The first kappa shape index (κ1) is 15.2. The van der Waals surface area contributed by atoms with Gasteiger partial charge in [0, 0.05) is 23.4 Å². The van der Waals surface area contributed by atoms with Crippen LogP contribution in [-0.4, -0.2) is 14.9 Å². The molecule has 1 aromatic heterocycles. The fraction of sp³-hybridized carbons (Fsp3) is 0.0588. The fourth-order valence-corrected chi connectivity index (χ4v) is 2.88. The molecule has 0 N–H and O–H groups in total. The number of benzene rings is 2. The SMILES string of the molecule is O=[N+]([O-])c1ccc(CSc2cc(-c3ccccc3)ncn2)cc1. The Hall–Kier alpha value is -2.73. The second kappa shape index (κ2) is 7.02. The van der Waals surface area contributed by atoms with E-state index in [9.17, 15) is 10.1 Å². The van der Waals surface area contributed by atoms with Gasteiger partial charge in [0.25, 0.3) is 5.69 Å². The third-order valence-electron chi connectivity index (χ3n) is 3.25. The minimum Gasteiger partial charge on any atom is -0.258 e. The van der Waals surface area contributed by atoms with E-state index in [-0.39, 0.29) is 5.69 Å². The average Bonchev–Trinajstić information content (AvgIpc) is 2.61. The normalized spacial score (nSPS) is 10.4. The van der Waals surface area contributed by atoms with Crippen LogP contribution in [0.4, 0.5) is 5.69 Å². The predicted molar refractivity (Wildman–Crippen MR) is 90.1 cm³/mol. The van der Waals surface area contributed by atoms with Crippen LogP contribution < -0.4 is 0 Å². The summed E-state index contributed by atoms with van der Waals surface area (Å²) in [6.07, 6.45) is 1.56. The van der Waals surface area contributed by atoms with Gasteiger partial charge in [-0.25, -0.2) is 9.97 Å². The van der Waals surface area contributed by atoms with Crippen molar-refractivity contribution in [2.45, 2.75) is 10.8 Å². The van der Waals surface area contributed by atoms with Crippen molar-refractivity contribution >= 4 is 17.4 Å². The van der Waals surface area contributed by atoms with Gasteiger partial charge in [0.15, 0.2) is 0 Å². The first-order valence-corrected chi connectivity index (χ1v) is 7.94. The molecule has 0 spiro atoms. The van der Waals surface area contributed by atoms with Crippen molar-refractivity contribution in [3.63, 3.8) is 0 Å². The van der Waals surface area contributed by atoms with Crippen LogP contribution in [0.5, 0.6) is 0 Å². The molecule has 0 aliphatic heterocycles. The molecule has 2 aromatic carbocycles. The van der Waals surface area contributed by atoms with Gasteiger partial charge in [0.05, 0.1) is 10.6 Å². The molecule has 0 aliphatic rings. The molecule has 0 radical (unpaired) electrons. The highest BCUT2D eigenvalue weighted by molar-refractivity contribution is 7.98. The van der Waals surface area contributed by atoms with Crippen molar-refractivity contribution in [2.75, 3.05) is 0 Å². The summed E-state index contributed by atoms with van der Waals surface area (Å²) in [6.45, 7) is 0. The molecule has 114 valence electrons. The number of nitro benzene ring substituents is 1. The highest BCUT2D eigenvalue weighted by Crippen LogP contribution is 2.25. The van der Waals surface area contributed by atoms with Crippen molar-refractivity contribution in [2.24, 2.45) is 0 Å². The summed E-state index contributed by atoms with van der Waals surface area (Å²) in [6, 6.07) is 18.5. The van der Waals surface area contributed by atoms with Crippen LogP contribution in [0, 0.1) is 10.1 Å². The average molecular weight is 323 g/mol. The molecule has 0 saturated heterocycles. The minimum absolute atomic E-state index is 0.104. The van der Waals surface area contributed by atoms with Crippen LogP contribution in [0.1, 0.15) is 5.56 Å². The van der Waals surface area contributed by atoms with Crippen molar-refractivity contribution < 1.29 is 4.92 Å². The van der Waals surface area contributed by atoms with E-state index in [0.717, 1.165) is 21.8 Å². The number of nitro groups is 1. The Labute approximate surface area is 137 Å². The maximum atomic E-state index is 10.6. The van der Waals surface area contributed by atoms with Gasteiger partial charge in [-0.15, -0.1) is 11.8 Å². The lowest BCUT2D eigenvalue weighted by atomic mass is 10.1. The van der Waals surface area contributed by atoms with Crippen LogP contribution in [0.3, 0.4) is 0 Å². The molecular formula is C17H13N3O2S. The Kier molecular flexibility index (Phi) is 4.63. The summed E-state index contributed by atoms with van der Waals surface area (Å²) in [4.78, 5) is 18.8. The molecule has 0 amide bonds. The van der Waals surface area contributed by atoms with Crippen LogP contribution in [0.2, 0.25) is 0 Å². The molecule has 3 aromatic rings. The summed E-state index contributed by atoms with van der Waals surface area (Å²) < 4.78 is 0. The summed E-state index contributed by atoms with van der Waals surface area (Å²) in [5, 5.41) is 11.5. The number of hydrogen-bond donors (Lipinski definition) is 0. The third kappa shape index (κ3) is 3.92. The smallest absolute Gasteiger partial charge is 0.258 e. The van der Waals surface area contributed by atoms with Gasteiger partial charge in [-0.05, 0) is 11.6 Å². The second-order valence-corrected chi connectivity index (χ2v) is 5.82. The zero-order valence-electron chi connectivity index (χ0n) is 12.1. The summed E-state index contributed by atoms with van der Waals surface area (Å²) in [5.74, 6) is 0.698. The van der Waals surface area contributed by atoms with E-state index in [0.29, 0.717) is 5.75 Å². The van der Waals surface area contributed by atoms with Gasteiger partial charge in [0.2, 0.25) is 0 Å². The van der Waals surface area contributed by atoms with Gasteiger partial charge in [0.1, 0.15) is 11.4 Å². The summed E-state index contributed by atoms with van der Waals surface area (Å²) in [5.41, 5.74) is 3.05. The molecule has 23 heavy (non-hydrogen) atoms. The lowest BCUT2D eigenvalue weighted by molar-refractivity contribution is -0.384. The fourth-order valence-electron chi connectivity index (χ4n) is 2.06. The topological polar surface area (TPSA) is 68.9 Å². The maximum Gasteiger partial charge on any atom is 0.269 e. The van der Waals surface area contributed by atoms with Crippen molar-refractivity contribution in [1.82, 2.24) is 9.97 Å². The highest BCUT2D eigenvalue weighted by atomic mass is 32.2. The Morgan fingerprint density at radius 1 is 1.00 bits per heavy atom. The number of aromatic nitrogens is 2. The lowest BCUT2D eigenvalue weighted by Crippen LogP contribution is -1.90. The predicted octanol–water partition coefficient (Wildman–Crippen LogP) is 4.34. The van der Waals surface area contributed by atoms with Gasteiger partial charge in [-0.1, -0.05) is 42.5 Å². The van der Waals surface area contributed by atoms with E-state index in [4.69, 9.17) is 0 Å². The van der Waals surface area contributed by atoms with Crippen LogP contribution in [0.15, 0.2) is 72.0 Å². The summed E-state index contributed by atoms with van der Waals surface area (Å²) in [7, 11) is 0. The quantitative estimate of drug-likeness (QED) is 0.302. The first-order valence-electron chi connectivity index (χ1n) is 6.96. The van der Waals surface area contributed by atoms with E-state index < -0.39 is 4.92 Å². The van der Waals surface area contributed by atoms with Crippen LogP contribution in [-0.2, 0) is 5.75 Å². The Bertz CT molecular complexity index is 808. The Balaban J connectivity index is 1.70. The number of non-ortho nitro benzene ring substituents is 1. The summed E-state index contributed by atoms with van der Waals surface area (Å²) >= 11 is 1.58. The van der Waals surface area contributed by atoms with Crippen molar-refractivity contribution in [1.29, 1.82) is 0 Å². The molecule has 3 rings (SSSR count). The largest absolute Gasteiger partial charge is 0.269 e. The van der Waals surface area contributed by atoms with E-state index in [2.05, 4.69) is 9.97 Å². The zero-order chi connectivity index (χ0) is 16.1. The number of hydrogen-bond acceptors (Lipinski definition) is 5. The second-order valence-electron chi connectivity index (χ2n) is 4.82. The van der Waals surface area contributed by atoms with E-state index >= 15 is 0 Å². The van der Waals surface area contributed by atoms with E-state index in [1.54, 1.807) is 30.2 Å². The molecule has 0 fully saturated rings. The number of thioether (sulfide) groups is 1. The Morgan fingerprint density at radius 3 is 2.43 bits per heavy atom. The molecule has 0 unspecified atom stereocenters. The van der Waals surface area contributed by atoms with Gasteiger partial charge in [-0.3, -0.25) is 10.1 Å². The monoisotopic (exact) mass is 323 g/mol. The molecule has 5 nitrogen and oxygen atoms in total. The molecule has 0 aliphatic carbocycles. The maximum absolute atomic E-state index is 10.6. The highest BCUT2D eigenvalue weighted by Gasteiger charge is 2.06. The lowest BCUT2D eigenvalue weighted by Gasteiger charge is -2.04. The molecule has 6 heteroatoms. The first-order chi connectivity index (χ1) is 11.2. The van der Waals surface area contributed by atoms with Gasteiger partial charge < -0.3 is 0 Å². The van der Waals surface area contributed by atoms with Crippen molar-refractivity contribution in [3.8, 4) is 11.3 Å². The van der Waals surface area contributed by atoms with Crippen LogP contribution in [0.25, 0.3) is 11.3 Å².